The Kier molecular flexibility index (Phi) is 5.96. The van der Waals surface area contributed by atoms with Gasteiger partial charge in [0.05, 0.1) is 15.7 Å². The molecule has 1 aromatic heterocycles. The predicted molar refractivity (Wildman–Crippen MR) is 130 cm³/mol. The third kappa shape index (κ3) is 3.79. The highest BCUT2D eigenvalue weighted by Gasteiger charge is 2.37. The van der Waals surface area contributed by atoms with E-state index in [1.807, 2.05) is 13.0 Å². The molecule has 1 aliphatic heterocycles. The molecule has 1 amide bonds. The standard InChI is InChI=1S/C23H29IN2O3S/c1-5-23(3,4)13-7-8-14-17(11-13)30-22-18(14)21(28)25-20(26-22)12-9-15(24)19(27)16(10-12)29-6-2/h9-10,13,20,26-27H,5-8,11H2,1-4H3,(H,25,28)/t13-,20+/m0/s1. The van der Waals surface area contributed by atoms with Crippen molar-refractivity contribution in [2.45, 2.75) is 59.5 Å². The Labute approximate surface area is 195 Å². The summed E-state index contributed by atoms with van der Waals surface area (Å²) in [7, 11) is 0. The average Bonchev–Trinajstić information content (AvgIpc) is 3.09. The van der Waals surface area contributed by atoms with E-state index in [0.717, 1.165) is 35.4 Å². The second-order valence-corrected chi connectivity index (χ2v) is 11.1. The van der Waals surface area contributed by atoms with Crippen LogP contribution < -0.4 is 15.4 Å². The summed E-state index contributed by atoms with van der Waals surface area (Å²) in [5.74, 6) is 1.22. The lowest BCUT2D eigenvalue weighted by Gasteiger charge is -2.36. The molecule has 0 saturated carbocycles. The van der Waals surface area contributed by atoms with E-state index in [9.17, 15) is 9.90 Å². The van der Waals surface area contributed by atoms with Crippen LogP contribution in [-0.2, 0) is 12.8 Å². The van der Waals surface area contributed by atoms with E-state index in [-0.39, 0.29) is 17.8 Å². The van der Waals surface area contributed by atoms with Crippen molar-refractivity contribution in [1.82, 2.24) is 5.32 Å². The van der Waals surface area contributed by atoms with Crippen LogP contribution in [0.4, 0.5) is 5.00 Å². The van der Waals surface area contributed by atoms with Gasteiger partial charge >= 0.3 is 0 Å². The van der Waals surface area contributed by atoms with Crippen molar-refractivity contribution in [3.63, 3.8) is 0 Å². The van der Waals surface area contributed by atoms with Gasteiger partial charge in [0.1, 0.15) is 11.2 Å². The maximum Gasteiger partial charge on any atom is 0.256 e. The van der Waals surface area contributed by atoms with Gasteiger partial charge in [-0.1, -0.05) is 27.2 Å². The topological polar surface area (TPSA) is 70.6 Å². The van der Waals surface area contributed by atoms with Gasteiger partial charge in [0.25, 0.3) is 5.91 Å². The Hall–Kier alpha value is -1.48. The van der Waals surface area contributed by atoms with Crippen molar-refractivity contribution in [3.05, 3.63) is 37.3 Å². The van der Waals surface area contributed by atoms with Crippen molar-refractivity contribution in [1.29, 1.82) is 0 Å². The highest BCUT2D eigenvalue weighted by molar-refractivity contribution is 14.1. The summed E-state index contributed by atoms with van der Waals surface area (Å²) in [6, 6.07) is 3.69. The first-order valence-electron chi connectivity index (χ1n) is 10.6. The van der Waals surface area contributed by atoms with E-state index in [2.05, 4.69) is 54.0 Å². The molecule has 162 valence electrons. The fourth-order valence-corrected chi connectivity index (χ4v) is 6.42. The number of nitrogens with one attached hydrogen (secondary N) is 2. The summed E-state index contributed by atoms with van der Waals surface area (Å²) < 4.78 is 6.27. The molecule has 0 unspecified atom stereocenters. The zero-order valence-electron chi connectivity index (χ0n) is 17.9. The van der Waals surface area contributed by atoms with Crippen LogP contribution in [0.3, 0.4) is 0 Å². The van der Waals surface area contributed by atoms with Crippen LogP contribution in [0.2, 0.25) is 0 Å². The summed E-state index contributed by atoms with van der Waals surface area (Å²) in [5.41, 5.74) is 3.25. The normalized spacial score (nSPS) is 20.8. The number of halogens is 1. The number of phenolic OH excluding ortho intramolecular Hbond substituents is 1. The predicted octanol–water partition coefficient (Wildman–Crippen LogP) is 5.85. The molecule has 0 radical (unpaired) electrons. The van der Waals surface area contributed by atoms with Gasteiger partial charge in [-0.15, -0.1) is 11.3 Å². The van der Waals surface area contributed by atoms with E-state index in [1.54, 1.807) is 17.4 Å². The number of ether oxygens (including phenoxy) is 1. The Balaban J connectivity index is 1.64. The van der Waals surface area contributed by atoms with Gasteiger partial charge in [0.2, 0.25) is 0 Å². The number of amides is 1. The second-order valence-electron chi connectivity index (χ2n) is 8.82. The molecule has 0 saturated heterocycles. The van der Waals surface area contributed by atoms with E-state index < -0.39 is 0 Å². The van der Waals surface area contributed by atoms with Gasteiger partial charge in [-0.2, -0.15) is 0 Å². The fraction of sp³-hybridized carbons (Fsp3) is 0.522. The molecule has 0 spiro atoms. The minimum atomic E-state index is -0.346. The molecule has 2 aromatic rings. The highest BCUT2D eigenvalue weighted by atomic mass is 127. The molecule has 1 aromatic carbocycles. The number of phenols is 1. The first kappa shape index (κ1) is 21.7. The first-order chi connectivity index (χ1) is 14.2. The minimum Gasteiger partial charge on any atom is -0.504 e. The van der Waals surface area contributed by atoms with Gasteiger partial charge in [-0.3, -0.25) is 4.79 Å². The van der Waals surface area contributed by atoms with E-state index in [1.165, 1.54) is 16.9 Å². The lowest BCUT2D eigenvalue weighted by atomic mass is 9.69. The number of hydrogen-bond acceptors (Lipinski definition) is 5. The highest BCUT2D eigenvalue weighted by Crippen LogP contribution is 2.47. The molecular formula is C23H29IN2O3S. The Bertz CT molecular complexity index is 985. The molecule has 7 heteroatoms. The van der Waals surface area contributed by atoms with Gasteiger partial charge in [0, 0.05) is 4.88 Å². The fourth-order valence-electron chi connectivity index (χ4n) is 4.45. The van der Waals surface area contributed by atoms with Crippen molar-refractivity contribution in [3.8, 4) is 11.5 Å². The average molecular weight is 540 g/mol. The number of fused-ring (bicyclic) bond motifs is 3. The van der Waals surface area contributed by atoms with E-state index >= 15 is 0 Å². The van der Waals surface area contributed by atoms with Crippen LogP contribution in [-0.4, -0.2) is 17.6 Å². The summed E-state index contributed by atoms with van der Waals surface area (Å²) in [6.45, 7) is 9.34. The summed E-state index contributed by atoms with van der Waals surface area (Å²) in [5, 5.41) is 17.8. The molecule has 0 bridgehead atoms. The zero-order valence-corrected chi connectivity index (χ0v) is 20.9. The minimum absolute atomic E-state index is 0.0134. The Morgan fingerprint density at radius 3 is 2.77 bits per heavy atom. The monoisotopic (exact) mass is 540 g/mol. The van der Waals surface area contributed by atoms with Gasteiger partial charge in [-0.25, -0.2) is 0 Å². The molecule has 5 nitrogen and oxygen atoms in total. The SMILES string of the molecule is CCOc1cc([C@@H]2NC(=O)c3c(sc4c3CC[C@H](C(C)(C)CC)C4)N2)cc(I)c1O. The largest absolute Gasteiger partial charge is 0.504 e. The van der Waals surface area contributed by atoms with Crippen LogP contribution in [0.15, 0.2) is 12.1 Å². The lowest BCUT2D eigenvalue weighted by molar-refractivity contribution is 0.0934. The molecule has 1 aliphatic carbocycles. The van der Waals surface area contributed by atoms with Gasteiger partial charge in [-0.05, 0) is 83.4 Å². The second kappa shape index (κ2) is 8.22. The molecule has 0 fully saturated rings. The number of hydrogen-bond donors (Lipinski definition) is 3. The van der Waals surface area contributed by atoms with E-state index in [0.29, 0.717) is 27.3 Å². The third-order valence-corrected chi connectivity index (χ3v) is 8.75. The first-order valence-corrected chi connectivity index (χ1v) is 12.5. The Morgan fingerprint density at radius 2 is 2.07 bits per heavy atom. The van der Waals surface area contributed by atoms with Gasteiger partial charge < -0.3 is 20.5 Å². The number of aromatic hydroxyl groups is 1. The van der Waals surface area contributed by atoms with Crippen LogP contribution in [0.1, 0.15) is 73.1 Å². The van der Waals surface area contributed by atoms with Crippen LogP contribution >= 0.6 is 33.9 Å². The van der Waals surface area contributed by atoms with Crippen molar-refractivity contribution < 1.29 is 14.6 Å². The summed E-state index contributed by atoms with van der Waals surface area (Å²) >= 11 is 3.83. The molecule has 2 aliphatic rings. The number of anilines is 1. The van der Waals surface area contributed by atoms with Crippen LogP contribution in [0, 0.1) is 14.9 Å². The summed E-state index contributed by atoms with van der Waals surface area (Å²) in [4.78, 5) is 14.4. The summed E-state index contributed by atoms with van der Waals surface area (Å²) in [6.07, 6.45) is 3.99. The number of carbonyl (C=O) groups is 1. The maximum atomic E-state index is 13.1. The quantitative estimate of drug-likeness (QED) is 0.416. The lowest BCUT2D eigenvalue weighted by Crippen LogP contribution is -2.38. The molecule has 4 rings (SSSR count). The zero-order chi connectivity index (χ0) is 21.6. The smallest absolute Gasteiger partial charge is 0.256 e. The van der Waals surface area contributed by atoms with Crippen LogP contribution in [0.25, 0.3) is 0 Å². The van der Waals surface area contributed by atoms with E-state index in [4.69, 9.17) is 4.74 Å². The molecule has 2 heterocycles. The maximum absolute atomic E-state index is 13.1. The van der Waals surface area contributed by atoms with Crippen molar-refractivity contribution in [2.24, 2.45) is 11.3 Å². The molecule has 3 N–H and O–H groups in total. The van der Waals surface area contributed by atoms with Gasteiger partial charge in [0.15, 0.2) is 11.5 Å². The number of carbonyl (C=O) groups excluding carboxylic acids is 1. The van der Waals surface area contributed by atoms with Crippen LogP contribution in [0.5, 0.6) is 11.5 Å². The van der Waals surface area contributed by atoms with Crippen molar-refractivity contribution >= 4 is 44.8 Å². The third-order valence-electron chi connectivity index (χ3n) is 6.74. The molecular weight excluding hydrogens is 511 g/mol. The number of rotatable bonds is 5. The number of thiophene rings is 1. The molecule has 30 heavy (non-hydrogen) atoms. The van der Waals surface area contributed by atoms with Crippen molar-refractivity contribution in [2.75, 3.05) is 11.9 Å². The number of benzene rings is 1. The molecule has 2 atom stereocenters. The Morgan fingerprint density at radius 1 is 1.30 bits per heavy atom.